The molecule has 1 aromatic heterocycles. The van der Waals surface area contributed by atoms with Crippen molar-refractivity contribution in [1.29, 1.82) is 0 Å². The van der Waals surface area contributed by atoms with Crippen molar-refractivity contribution in [2.75, 3.05) is 11.9 Å². The third-order valence-corrected chi connectivity index (χ3v) is 6.53. The number of rotatable bonds is 6. The number of fused-ring (bicyclic) bond motifs is 2. The molecule has 0 bridgehead atoms. The number of carbonyl (C=O) groups is 3. The van der Waals surface area contributed by atoms with Gasteiger partial charge in [-0.05, 0) is 24.4 Å². The maximum atomic E-state index is 12.5. The standard InChI is InChI=1S/C24H19ClN2O4S/c1-14(23(29)27-18-11-6-8-15-7-2-3-9-16(15)18)31-20(28)13-26-24(30)22-21(25)17-10-4-5-12-19(17)32-22/h2-12,14H,13H2,1H3,(H,26,30)(H,27,29). The number of benzene rings is 3. The third kappa shape index (κ3) is 4.59. The number of thiophene rings is 1. The first-order valence-corrected chi connectivity index (χ1v) is 11.1. The Morgan fingerprint density at radius 2 is 1.66 bits per heavy atom. The van der Waals surface area contributed by atoms with Gasteiger partial charge in [0.05, 0.1) is 5.02 Å². The summed E-state index contributed by atoms with van der Waals surface area (Å²) in [5, 5.41) is 8.28. The second-order valence-corrected chi connectivity index (χ2v) is 8.50. The maximum absolute atomic E-state index is 12.5. The van der Waals surface area contributed by atoms with Crippen LogP contribution in [0, 0.1) is 0 Å². The molecule has 8 heteroatoms. The van der Waals surface area contributed by atoms with Gasteiger partial charge in [0.1, 0.15) is 11.4 Å². The predicted molar refractivity (Wildman–Crippen MR) is 127 cm³/mol. The van der Waals surface area contributed by atoms with E-state index in [1.807, 2.05) is 60.7 Å². The maximum Gasteiger partial charge on any atom is 0.326 e. The fourth-order valence-corrected chi connectivity index (χ4v) is 4.69. The lowest BCUT2D eigenvalue weighted by Crippen LogP contribution is -2.35. The van der Waals surface area contributed by atoms with Crippen molar-refractivity contribution in [3.05, 3.63) is 76.6 Å². The summed E-state index contributed by atoms with van der Waals surface area (Å²) in [7, 11) is 0. The molecule has 32 heavy (non-hydrogen) atoms. The van der Waals surface area contributed by atoms with Crippen LogP contribution in [-0.4, -0.2) is 30.4 Å². The molecule has 6 nitrogen and oxygen atoms in total. The van der Waals surface area contributed by atoms with Gasteiger partial charge in [-0.1, -0.05) is 66.2 Å². The first-order chi connectivity index (χ1) is 15.4. The van der Waals surface area contributed by atoms with Crippen LogP contribution in [0.2, 0.25) is 5.02 Å². The van der Waals surface area contributed by atoms with Crippen molar-refractivity contribution < 1.29 is 19.1 Å². The van der Waals surface area contributed by atoms with Crippen molar-refractivity contribution >= 4 is 67.3 Å². The molecule has 2 amide bonds. The molecule has 0 radical (unpaired) electrons. The van der Waals surface area contributed by atoms with Gasteiger partial charge in [-0.25, -0.2) is 0 Å². The molecule has 0 spiro atoms. The van der Waals surface area contributed by atoms with E-state index in [1.165, 1.54) is 18.3 Å². The molecular weight excluding hydrogens is 448 g/mol. The van der Waals surface area contributed by atoms with Gasteiger partial charge >= 0.3 is 5.97 Å². The third-order valence-electron chi connectivity index (χ3n) is 4.86. The van der Waals surface area contributed by atoms with E-state index in [-0.39, 0.29) is 6.54 Å². The van der Waals surface area contributed by atoms with E-state index in [1.54, 1.807) is 6.07 Å². The fourth-order valence-electron chi connectivity index (χ4n) is 3.25. The van der Waals surface area contributed by atoms with Crippen molar-refractivity contribution in [1.82, 2.24) is 5.32 Å². The van der Waals surface area contributed by atoms with Gasteiger partial charge in [0.15, 0.2) is 6.10 Å². The van der Waals surface area contributed by atoms with Crippen LogP contribution < -0.4 is 10.6 Å². The van der Waals surface area contributed by atoms with Crippen molar-refractivity contribution in [2.24, 2.45) is 0 Å². The Hall–Kier alpha value is -3.42. The highest BCUT2D eigenvalue weighted by molar-refractivity contribution is 7.21. The molecule has 162 valence electrons. The summed E-state index contributed by atoms with van der Waals surface area (Å²) in [4.78, 5) is 37.4. The molecule has 1 atom stereocenters. The molecule has 4 aromatic rings. The normalized spacial score (nSPS) is 11.8. The molecule has 0 fully saturated rings. The van der Waals surface area contributed by atoms with Crippen LogP contribution in [-0.2, 0) is 14.3 Å². The smallest absolute Gasteiger partial charge is 0.326 e. The van der Waals surface area contributed by atoms with Crippen molar-refractivity contribution in [3.8, 4) is 0 Å². The molecule has 4 rings (SSSR count). The minimum absolute atomic E-state index is 0.322. The lowest BCUT2D eigenvalue weighted by molar-refractivity contribution is -0.152. The quantitative estimate of drug-likeness (QED) is 0.391. The number of nitrogens with one attached hydrogen (secondary N) is 2. The van der Waals surface area contributed by atoms with Gasteiger partial charge in [-0.15, -0.1) is 11.3 Å². The zero-order valence-corrected chi connectivity index (χ0v) is 18.6. The van der Waals surface area contributed by atoms with Gasteiger partial charge in [-0.3, -0.25) is 14.4 Å². The Bertz CT molecular complexity index is 1330. The molecule has 0 saturated heterocycles. The summed E-state index contributed by atoms with van der Waals surface area (Å²) < 4.78 is 6.06. The lowest BCUT2D eigenvalue weighted by Gasteiger charge is -2.15. The zero-order valence-electron chi connectivity index (χ0n) is 17.1. The molecule has 1 unspecified atom stereocenters. The SMILES string of the molecule is CC(OC(=O)CNC(=O)c1sc2ccccc2c1Cl)C(=O)Nc1cccc2ccccc12. The van der Waals surface area contributed by atoms with Crippen LogP contribution in [0.25, 0.3) is 20.9 Å². The minimum atomic E-state index is -1.04. The number of hydrogen-bond donors (Lipinski definition) is 2. The van der Waals surface area contributed by atoms with Crippen LogP contribution in [0.4, 0.5) is 5.69 Å². The molecule has 0 aliphatic rings. The molecule has 0 saturated carbocycles. The first-order valence-electron chi connectivity index (χ1n) is 9.87. The monoisotopic (exact) mass is 466 g/mol. The Morgan fingerprint density at radius 1 is 0.969 bits per heavy atom. The van der Waals surface area contributed by atoms with E-state index in [2.05, 4.69) is 10.6 Å². The molecule has 3 aromatic carbocycles. The second-order valence-electron chi connectivity index (χ2n) is 7.07. The number of halogens is 1. The molecular formula is C24H19ClN2O4S. The summed E-state index contributed by atoms with van der Waals surface area (Å²) in [6, 6.07) is 20.6. The number of esters is 1. The Morgan fingerprint density at radius 3 is 2.44 bits per heavy atom. The predicted octanol–water partition coefficient (Wildman–Crippen LogP) is 5.01. The minimum Gasteiger partial charge on any atom is -0.451 e. The largest absolute Gasteiger partial charge is 0.451 e. The summed E-state index contributed by atoms with van der Waals surface area (Å²) in [5.41, 5.74) is 0.628. The van der Waals surface area contributed by atoms with Gasteiger partial charge in [0.2, 0.25) is 0 Å². The highest BCUT2D eigenvalue weighted by atomic mass is 35.5. The highest BCUT2D eigenvalue weighted by Gasteiger charge is 2.21. The number of anilines is 1. The molecule has 0 aliphatic heterocycles. The van der Waals surface area contributed by atoms with Gasteiger partial charge in [0, 0.05) is 21.2 Å². The van der Waals surface area contributed by atoms with E-state index in [9.17, 15) is 14.4 Å². The summed E-state index contributed by atoms with van der Waals surface area (Å²) in [5.74, 6) is -1.66. The summed E-state index contributed by atoms with van der Waals surface area (Å²) in [6.45, 7) is 1.10. The van der Waals surface area contributed by atoms with E-state index < -0.39 is 23.9 Å². The summed E-state index contributed by atoms with van der Waals surface area (Å²) in [6.07, 6.45) is -1.04. The number of ether oxygens (including phenoxy) is 1. The first kappa shape index (κ1) is 21.8. The zero-order chi connectivity index (χ0) is 22.7. The molecule has 2 N–H and O–H groups in total. The van der Waals surface area contributed by atoms with Crippen LogP contribution in [0.15, 0.2) is 66.7 Å². The molecule has 0 aliphatic carbocycles. The van der Waals surface area contributed by atoms with Gasteiger partial charge in [0.25, 0.3) is 11.8 Å². The molecule has 1 heterocycles. The Kier molecular flexibility index (Phi) is 6.39. The topological polar surface area (TPSA) is 84.5 Å². The van der Waals surface area contributed by atoms with Crippen LogP contribution in [0.5, 0.6) is 0 Å². The van der Waals surface area contributed by atoms with Crippen LogP contribution in [0.1, 0.15) is 16.6 Å². The lowest BCUT2D eigenvalue weighted by atomic mass is 10.1. The fraction of sp³-hybridized carbons (Fsp3) is 0.125. The average molecular weight is 467 g/mol. The second kappa shape index (κ2) is 9.38. The van der Waals surface area contributed by atoms with Gasteiger partial charge < -0.3 is 15.4 Å². The van der Waals surface area contributed by atoms with E-state index in [4.69, 9.17) is 16.3 Å². The van der Waals surface area contributed by atoms with E-state index in [0.717, 1.165) is 20.9 Å². The Balaban J connectivity index is 1.33. The number of amides is 2. The number of carbonyl (C=O) groups excluding carboxylic acids is 3. The van der Waals surface area contributed by atoms with E-state index >= 15 is 0 Å². The van der Waals surface area contributed by atoms with Crippen LogP contribution >= 0.6 is 22.9 Å². The average Bonchev–Trinajstić information content (AvgIpc) is 3.14. The number of hydrogen-bond acceptors (Lipinski definition) is 5. The Labute approximate surface area is 193 Å². The van der Waals surface area contributed by atoms with Gasteiger partial charge in [-0.2, -0.15) is 0 Å². The van der Waals surface area contributed by atoms with Crippen molar-refractivity contribution in [2.45, 2.75) is 13.0 Å². The summed E-state index contributed by atoms with van der Waals surface area (Å²) >= 11 is 7.54. The van der Waals surface area contributed by atoms with Crippen LogP contribution in [0.3, 0.4) is 0 Å². The van der Waals surface area contributed by atoms with Crippen molar-refractivity contribution in [3.63, 3.8) is 0 Å². The van der Waals surface area contributed by atoms with E-state index in [0.29, 0.717) is 15.6 Å². The highest BCUT2D eigenvalue weighted by Crippen LogP contribution is 2.34.